The van der Waals surface area contributed by atoms with Crippen LogP contribution in [0.15, 0.2) is 18.3 Å². The number of morpholine rings is 1. The second-order valence-corrected chi connectivity index (χ2v) is 4.50. The molecule has 102 valence electrons. The molecule has 1 fully saturated rings. The first-order valence-corrected chi connectivity index (χ1v) is 6.23. The summed E-state index contributed by atoms with van der Waals surface area (Å²) in [5.74, 6) is -0.384. The number of anilines is 1. The van der Waals surface area contributed by atoms with E-state index in [0.717, 1.165) is 5.69 Å². The van der Waals surface area contributed by atoms with Crippen LogP contribution in [0.5, 0.6) is 0 Å². The first kappa shape index (κ1) is 13.7. The molecular weight excluding hydrogens is 266 g/mol. The number of aromatic nitrogens is 1. The van der Waals surface area contributed by atoms with Gasteiger partial charge in [-0.2, -0.15) is 0 Å². The number of ether oxygens (including phenoxy) is 2. The van der Waals surface area contributed by atoms with Gasteiger partial charge in [-0.1, -0.05) is 12.2 Å². The van der Waals surface area contributed by atoms with E-state index in [9.17, 15) is 4.79 Å². The zero-order valence-corrected chi connectivity index (χ0v) is 11.4. The van der Waals surface area contributed by atoms with Crippen molar-refractivity contribution in [3.63, 3.8) is 0 Å². The monoisotopic (exact) mass is 281 g/mol. The van der Waals surface area contributed by atoms with Gasteiger partial charge in [0.05, 0.1) is 25.9 Å². The van der Waals surface area contributed by atoms with Crippen molar-refractivity contribution in [3.8, 4) is 0 Å². The first-order chi connectivity index (χ1) is 9.13. The lowest BCUT2D eigenvalue weighted by Crippen LogP contribution is -2.47. The minimum Gasteiger partial charge on any atom is -0.467 e. The number of pyridine rings is 1. The van der Waals surface area contributed by atoms with Crippen LogP contribution in [0.2, 0.25) is 0 Å². The van der Waals surface area contributed by atoms with Crippen LogP contribution in [0.4, 0.5) is 5.69 Å². The molecule has 1 unspecified atom stereocenters. The lowest BCUT2D eigenvalue weighted by atomic mass is 10.2. The Balaban J connectivity index is 2.22. The molecule has 1 aliphatic heterocycles. The first-order valence-electron chi connectivity index (χ1n) is 5.82. The fourth-order valence-corrected chi connectivity index (χ4v) is 2.14. The number of nitrogens with two attached hydrogens (primary N) is 1. The molecule has 1 atom stereocenters. The van der Waals surface area contributed by atoms with Crippen LogP contribution in [0.1, 0.15) is 5.69 Å². The van der Waals surface area contributed by atoms with Crippen LogP contribution < -0.4 is 10.6 Å². The third kappa shape index (κ3) is 2.99. The number of rotatable bonds is 3. The molecule has 0 spiro atoms. The van der Waals surface area contributed by atoms with Crippen molar-refractivity contribution in [1.82, 2.24) is 4.98 Å². The Labute approximate surface area is 116 Å². The Morgan fingerprint density at radius 1 is 1.68 bits per heavy atom. The summed E-state index contributed by atoms with van der Waals surface area (Å²) in [5, 5.41) is 0. The molecule has 0 saturated carbocycles. The third-order valence-electron chi connectivity index (χ3n) is 2.89. The van der Waals surface area contributed by atoms with Crippen molar-refractivity contribution in [3.05, 3.63) is 24.0 Å². The van der Waals surface area contributed by atoms with E-state index in [1.807, 2.05) is 11.0 Å². The predicted molar refractivity (Wildman–Crippen MR) is 74.1 cm³/mol. The van der Waals surface area contributed by atoms with Crippen molar-refractivity contribution in [2.75, 3.05) is 31.7 Å². The average Bonchev–Trinajstić information content (AvgIpc) is 2.46. The number of thiocarbonyl (C=S) groups is 1. The van der Waals surface area contributed by atoms with Gasteiger partial charge in [-0.15, -0.1) is 0 Å². The van der Waals surface area contributed by atoms with Crippen molar-refractivity contribution in [2.24, 2.45) is 5.73 Å². The maximum atomic E-state index is 11.5. The second-order valence-electron chi connectivity index (χ2n) is 4.06. The van der Waals surface area contributed by atoms with Crippen LogP contribution >= 0.6 is 12.2 Å². The maximum Gasteiger partial charge on any atom is 0.336 e. The van der Waals surface area contributed by atoms with Gasteiger partial charge >= 0.3 is 5.97 Å². The Morgan fingerprint density at radius 3 is 3.16 bits per heavy atom. The van der Waals surface area contributed by atoms with Gasteiger partial charge in [0.2, 0.25) is 0 Å². The molecule has 19 heavy (non-hydrogen) atoms. The van der Waals surface area contributed by atoms with Gasteiger partial charge in [0, 0.05) is 12.7 Å². The molecule has 2 rings (SSSR count). The van der Waals surface area contributed by atoms with Gasteiger partial charge < -0.3 is 20.1 Å². The van der Waals surface area contributed by atoms with Gasteiger partial charge in [0.1, 0.15) is 10.7 Å². The molecular formula is C12H15N3O3S. The highest BCUT2D eigenvalue weighted by Crippen LogP contribution is 2.21. The van der Waals surface area contributed by atoms with E-state index < -0.39 is 6.10 Å². The Bertz CT molecular complexity index is 495. The fraction of sp³-hybridized carbons (Fsp3) is 0.417. The SMILES string of the molecule is COC(=O)C1CN(c2cccnc2C(N)=S)CCO1. The topological polar surface area (TPSA) is 77.7 Å². The molecule has 2 N–H and O–H groups in total. The summed E-state index contributed by atoms with van der Waals surface area (Å²) in [4.78, 5) is 17.9. The summed E-state index contributed by atoms with van der Waals surface area (Å²) in [6.45, 7) is 1.48. The minimum atomic E-state index is -0.599. The summed E-state index contributed by atoms with van der Waals surface area (Å²) < 4.78 is 10.1. The van der Waals surface area contributed by atoms with Gasteiger partial charge in [-0.25, -0.2) is 4.79 Å². The second kappa shape index (κ2) is 5.94. The smallest absolute Gasteiger partial charge is 0.336 e. The number of esters is 1. The largest absolute Gasteiger partial charge is 0.467 e. The Morgan fingerprint density at radius 2 is 2.47 bits per heavy atom. The highest BCUT2D eigenvalue weighted by atomic mass is 32.1. The van der Waals surface area contributed by atoms with Gasteiger partial charge in [-0.05, 0) is 12.1 Å². The minimum absolute atomic E-state index is 0.233. The van der Waals surface area contributed by atoms with Crippen LogP contribution in [0.25, 0.3) is 0 Å². The zero-order chi connectivity index (χ0) is 13.8. The molecule has 1 aromatic heterocycles. The lowest BCUT2D eigenvalue weighted by Gasteiger charge is -2.33. The average molecular weight is 281 g/mol. The van der Waals surface area contributed by atoms with Crippen molar-refractivity contribution >= 4 is 28.9 Å². The standard InChI is InChI=1S/C12H15N3O3S/c1-17-12(16)9-7-15(5-6-18-9)8-3-2-4-14-10(8)11(13)19/h2-4,9H,5-7H2,1H3,(H2,13,19). The van der Waals surface area contributed by atoms with Crippen molar-refractivity contribution < 1.29 is 14.3 Å². The summed E-state index contributed by atoms with van der Waals surface area (Å²) in [5.41, 5.74) is 7.03. The van der Waals surface area contributed by atoms with E-state index in [1.54, 1.807) is 12.3 Å². The maximum absolute atomic E-state index is 11.5. The summed E-state index contributed by atoms with van der Waals surface area (Å²) in [6, 6.07) is 3.68. The van der Waals surface area contributed by atoms with Crippen LogP contribution in [0, 0.1) is 0 Å². The lowest BCUT2D eigenvalue weighted by molar-refractivity contribution is -0.154. The van der Waals surface area contributed by atoms with Crippen molar-refractivity contribution in [2.45, 2.75) is 6.10 Å². The molecule has 0 amide bonds. The molecule has 1 saturated heterocycles. The number of nitrogens with zero attached hydrogens (tertiary/aromatic N) is 2. The number of hydrogen-bond donors (Lipinski definition) is 1. The zero-order valence-electron chi connectivity index (χ0n) is 10.5. The molecule has 1 aliphatic rings. The molecule has 7 heteroatoms. The number of carbonyl (C=O) groups is 1. The third-order valence-corrected chi connectivity index (χ3v) is 3.08. The van der Waals surface area contributed by atoms with Gasteiger partial charge in [0.15, 0.2) is 6.10 Å². The summed E-state index contributed by atoms with van der Waals surface area (Å²) in [6.07, 6.45) is 1.04. The summed E-state index contributed by atoms with van der Waals surface area (Å²) >= 11 is 4.99. The number of carbonyl (C=O) groups excluding carboxylic acids is 1. The molecule has 6 nitrogen and oxygen atoms in total. The van der Waals surface area contributed by atoms with E-state index in [1.165, 1.54) is 7.11 Å². The van der Waals surface area contributed by atoms with E-state index in [0.29, 0.717) is 25.4 Å². The summed E-state index contributed by atoms with van der Waals surface area (Å²) in [7, 11) is 1.34. The van der Waals surface area contributed by atoms with Crippen LogP contribution in [-0.4, -0.2) is 48.9 Å². The van der Waals surface area contributed by atoms with E-state index >= 15 is 0 Å². The fourth-order valence-electron chi connectivity index (χ4n) is 1.98. The van der Waals surface area contributed by atoms with Crippen LogP contribution in [0.3, 0.4) is 0 Å². The molecule has 1 aromatic rings. The van der Waals surface area contributed by atoms with Crippen LogP contribution in [-0.2, 0) is 14.3 Å². The van der Waals surface area contributed by atoms with E-state index in [2.05, 4.69) is 4.98 Å². The quantitative estimate of drug-likeness (QED) is 0.621. The van der Waals surface area contributed by atoms with E-state index in [-0.39, 0.29) is 11.0 Å². The molecule has 2 heterocycles. The predicted octanol–water partition coefficient (Wildman–Crippen LogP) is 0.0940. The Kier molecular flexibility index (Phi) is 4.28. The number of hydrogen-bond acceptors (Lipinski definition) is 6. The Hall–Kier alpha value is -1.73. The molecule has 0 aliphatic carbocycles. The van der Waals surface area contributed by atoms with Gasteiger partial charge in [0.25, 0.3) is 0 Å². The van der Waals surface area contributed by atoms with E-state index in [4.69, 9.17) is 27.4 Å². The molecule has 0 aromatic carbocycles. The highest BCUT2D eigenvalue weighted by molar-refractivity contribution is 7.80. The van der Waals surface area contributed by atoms with Crippen molar-refractivity contribution in [1.29, 1.82) is 0 Å². The number of methoxy groups -OCH3 is 1. The normalized spacial score (nSPS) is 19.0. The highest BCUT2D eigenvalue weighted by Gasteiger charge is 2.28. The van der Waals surface area contributed by atoms with Gasteiger partial charge in [-0.3, -0.25) is 4.98 Å². The molecule has 0 bridgehead atoms. The molecule has 0 radical (unpaired) electrons.